The first-order chi connectivity index (χ1) is 15.5. The molecule has 3 rings (SSSR count). The lowest BCUT2D eigenvalue weighted by Gasteiger charge is -2.13. The molecular formula is C24H22ClIN2O4. The van der Waals surface area contributed by atoms with E-state index in [1.54, 1.807) is 26.5 Å². The molecule has 0 aliphatic heterocycles. The smallest absolute Gasteiger partial charge is 0.244 e. The predicted molar refractivity (Wildman–Crippen MR) is 134 cm³/mol. The number of carbonyl (C=O) groups excluding carboxylic acids is 1. The Bertz CT molecular complexity index is 1090. The quantitative estimate of drug-likeness (QED) is 0.219. The fourth-order valence-corrected chi connectivity index (χ4v) is 3.74. The highest BCUT2D eigenvalue weighted by Crippen LogP contribution is 2.34. The van der Waals surface area contributed by atoms with Gasteiger partial charge >= 0.3 is 0 Å². The van der Waals surface area contributed by atoms with Crippen molar-refractivity contribution in [3.05, 3.63) is 85.9 Å². The molecule has 1 amide bonds. The van der Waals surface area contributed by atoms with Gasteiger partial charge in [-0.2, -0.15) is 5.10 Å². The number of ether oxygens (including phenoxy) is 3. The second-order valence-corrected chi connectivity index (χ2v) is 8.37. The van der Waals surface area contributed by atoms with Gasteiger partial charge in [-0.15, -0.1) is 0 Å². The van der Waals surface area contributed by atoms with Crippen molar-refractivity contribution in [2.24, 2.45) is 5.10 Å². The highest BCUT2D eigenvalue weighted by Gasteiger charge is 2.12. The number of halogens is 2. The van der Waals surface area contributed by atoms with Gasteiger partial charge in [0.25, 0.3) is 0 Å². The molecule has 0 radical (unpaired) electrons. The highest BCUT2D eigenvalue weighted by molar-refractivity contribution is 14.1. The maximum Gasteiger partial charge on any atom is 0.244 e. The van der Waals surface area contributed by atoms with E-state index in [0.717, 1.165) is 26.0 Å². The van der Waals surface area contributed by atoms with E-state index in [-0.39, 0.29) is 12.3 Å². The van der Waals surface area contributed by atoms with Gasteiger partial charge in [0.05, 0.1) is 30.4 Å². The van der Waals surface area contributed by atoms with Crippen LogP contribution in [0.2, 0.25) is 5.02 Å². The summed E-state index contributed by atoms with van der Waals surface area (Å²) in [6.45, 7) is 0.387. The molecule has 0 saturated heterocycles. The predicted octanol–water partition coefficient (Wildman–Crippen LogP) is 5.23. The minimum absolute atomic E-state index is 0.212. The Hall–Kier alpha value is -2.78. The molecule has 8 heteroatoms. The van der Waals surface area contributed by atoms with Crippen LogP contribution in [0.1, 0.15) is 16.7 Å². The van der Waals surface area contributed by atoms with Crippen LogP contribution in [0, 0.1) is 3.57 Å². The van der Waals surface area contributed by atoms with Crippen molar-refractivity contribution in [2.75, 3.05) is 14.2 Å². The first kappa shape index (κ1) is 23.9. The standard InChI is InChI=1S/C24H22ClIN2O4/c1-30-20-9-5-16(6-10-20)13-23(29)28-27-14-18-11-21(26)24(22(12-18)31-2)32-15-17-3-7-19(25)8-4-17/h3-12,14H,13,15H2,1-2H3,(H,28,29)/b27-14-. The first-order valence-corrected chi connectivity index (χ1v) is 11.1. The summed E-state index contributed by atoms with van der Waals surface area (Å²) in [5.74, 6) is 1.76. The molecule has 0 aliphatic rings. The lowest BCUT2D eigenvalue weighted by molar-refractivity contribution is -0.120. The summed E-state index contributed by atoms with van der Waals surface area (Å²) >= 11 is 8.11. The Kier molecular flexibility index (Phi) is 8.75. The summed E-state index contributed by atoms with van der Waals surface area (Å²) in [5, 5.41) is 4.74. The number of carbonyl (C=O) groups is 1. The van der Waals surface area contributed by atoms with E-state index in [4.69, 9.17) is 25.8 Å². The van der Waals surface area contributed by atoms with Crippen LogP contribution in [-0.2, 0) is 17.8 Å². The molecule has 0 aliphatic carbocycles. The Morgan fingerprint density at radius 2 is 1.72 bits per heavy atom. The monoisotopic (exact) mass is 564 g/mol. The minimum Gasteiger partial charge on any atom is -0.497 e. The zero-order valence-corrected chi connectivity index (χ0v) is 20.5. The summed E-state index contributed by atoms with van der Waals surface area (Å²) in [5.41, 5.74) is 5.19. The molecule has 0 heterocycles. The maximum absolute atomic E-state index is 12.1. The molecular weight excluding hydrogens is 543 g/mol. The van der Waals surface area contributed by atoms with Crippen LogP contribution in [0.4, 0.5) is 0 Å². The van der Waals surface area contributed by atoms with Crippen molar-refractivity contribution in [1.82, 2.24) is 5.43 Å². The zero-order chi connectivity index (χ0) is 22.9. The SMILES string of the molecule is COc1ccc(CC(=O)N/N=C\c2cc(I)c(OCc3ccc(Cl)cc3)c(OC)c2)cc1. The van der Waals surface area contributed by atoms with Crippen molar-refractivity contribution in [1.29, 1.82) is 0 Å². The van der Waals surface area contributed by atoms with Crippen molar-refractivity contribution >= 4 is 46.3 Å². The second-order valence-electron chi connectivity index (χ2n) is 6.77. The Labute approximate surface area is 205 Å². The molecule has 3 aromatic carbocycles. The van der Waals surface area contributed by atoms with Crippen molar-refractivity contribution < 1.29 is 19.0 Å². The van der Waals surface area contributed by atoms with E-state index in [1.165, 1.54) is 0 Å². The number of hydrazone groups is 1. The van der Waals surface area contributed by atoms with E-state index in [1.807, 2.05) is 54.6 Å². The van der Waals surface area contributed by atoms with E-state index in [0.29, 0.717) is 23.1 Å². The van der Waals surface area contributed by atoms with Crippen LogP contribution in [0.3, 0.4) is 0 Å². The van der Waals surface area contributed by atoms with E-state index in [9.17, 15) is 4.79 Å². The molecule has 0 fully saturated rings. The normalized spacial score (nSPS) is 10.8. The summed E-state index contributed by atoms with van der Waals surface area (Å²) in [6.07, 6.45) is 1.79. The maximum atomic E-state index is 12.1. The van der Waals surface area contributed by atoms with Gasteiger partial charge in [0.2, 0.25) is 5.91 Å². The number of benzene rings is 3. The van der Waals surface area contributed by atoms with Crippen LogP contribution in [0.5, 0.6) is 17.2 Å². The van der Waals surface area contributed by atoms with E-state index < -0.39 is 0 Å². The van der Waals surface area contributed by atoms with Crippen molar-refractivity contribution in [3.8, 4) is 17.2 Å². The van der Waals surface area contributed by atoms with Crippen LogP contribution in [0.25, 0.3) is 0 Å². The Morgan fingerprint density at radius 3 is 2.38 bits per heavy atom. The third kappa shape index (κ3) is 6.86. The fraction of sp³-hybridized carbons (Fsp3) is 0.167. The summed E-state index contributed by atoms with van der Waals surface area (Å²) < 4.78 is 17.4. The lowest BCUT2D eigenvalue weighted by atomic mass is 10.1. The van der Waals surface area contributed by atoms with Crippen LogP contribution in [-0.4, -0.2) is 26.3 Å². The minimum atomic E-state index is -0.212. The average molecular weight is 565 g/mol. The highest BCUT2D eigenvalue weighted by atomic mass is 127. The molecule has 0 atom stereocenters. The summed E-state index contributed by atoms with van der Waals surface area (Å²) in [6, 6.07) is 18.5. The van der Waals surface area contributed by atoms with Crippen molar-refractivity contribution in [3.63, 3.8) is 0 Å². The van der Waals surface area contributed by atoms with Crippen molar-refractivity contribution in [2.45, 2.75) is 13.0 Å². The topological polar surface area (TPSA) is 69.2 Å². The van der Waals surface area contributed by atoms with Crippen LogP contribution < -0.4 is 19.6 Å². The lowest BCUT2D eigenvalue weighted by Crippen LogP contribution is -2.19. The number of methoxy groups -OCH3 is 2. The molecule has 0 bridgehead atoms. The molecule has 3 aromatic rings. The van der Waals surface area contributed by atoms with Gasteiger partial charge < -0.3 is 14.2 Å². The number of nitrogens with one attached hydrogen (secondary N) is 1. The second kappa shape index (κ2) is 11.7. The average Bonchev–Trinajstić information content (AvgIpc) is 2.79. The molecule has 32 heavy (non-hydrogen) atoms. The van der Waals surface area contributed by atoms with Gasteiger partial charge in [-0.05, 0) is 75.7 Å². The van der Waals surface area contributed by atoms with Gasteiger partial charge in [-0.3, -0.25) is 4.79 Å². The number of amides is 1. The molecule has 166 valence electrons. The number of hydrogen-bond acceptors (Lipinski definition) is 5. The van der Waals surface area contributed by atoms with Gasteiger partial charge in [0.1, 0.15) is 12.4 Å². The fourth-order valence-electron chi connectivity index (χ4n) is 2.84. The van der Waals surface area contributed by atoms with Gasteiger partial charge in [-0.1, -0.05) is 35.9 Å². The molecule has 0 unspecified atom stereocenters. The molecule has 0 aromatic heterocycles. The summed E-state index contributed by atoms with van der Waals surface area (Å²) in [4.78, 5) is 12.1. The Balaban J connectivity index is 1.60. The number of hydrogen-bond donors (Lipinski definition) is 1. The molecule has 0 saturated carbocycles. The largest absolute Gasteiger partial charge is 0.497 e. The third-order valence-electron chi connectivity index (χ3n) is 4.47. The van der Waals surface area contributed by atoms with E-state index >= 15 is 0 Å². The van der Waals surface area contributed by atoms with Gasteiger partial charge in [0, 0.05) is 5.02 Å². The zero-order valence-electron chi connectivity index (χ0n) is 17.6. The van der Waals surface area contributed by atoms with Gasteiger partial charge in [-0.25, -0.2) is 5.43 Å². The molecule has 1 N–H and O–H groups in total. The van der Waals surface area contributed by atoms with Gasteiger partial charge in [0.15, 0.2) is 11.5 Å². The molecule has 0 spiro atoms. The van der Waals surface area contributed by atoms with Crippen LogP contribution >= 0.6 is 34.2 Å². The number of nitrogens with zero attached hydrogens (tertiary/aromatic N) is 1. The van der Waals surface area contributed by atoms with E-state index in [2.05, 4.69) is 33.1 Å². The molecule has 6 nitrogen and oxygen atoms in total. The number of rotatable bonds is 9. The first-order valence-electron chi connectivity index (χ1n) is 9.68. The van der Waals surface area contributed by atoms with Crippen LogP contribution in [0.15, 0.2) is 65.8 Å². The summed E-state index contributed by atoms with van der Waals surface area (Å²) in [7, 11) is 3.18. The Morgan fingerprint density at radius 1 is 1.03 bits per heavy atom. The third-order valence-corrected chi connectivity index (χ3v) is 5.53.